The number of hydrogen-bond acceptors (Lipinski definition) is 3. The Kier molecular flexibility index (Phi) is 6.15. The van der Waals surface area contributed by atoms with E-state index in [0.29, 0.717) is 17.7 Å². The molecule has 0 unspecified atom stereocenters. The lowest BCUT2D eigenvalue weighted by Crippen LogP contribution is -2.31. The molecule has 100 valence electrons. The predicted octanol–water partition coefficient (Wildman–Crippen LogP) is 2.23. The van der Waals surface area contributed by atoms with Crippen molar-refractivity contribution in [1.82, 2.24) is 5.32 Å². The van der Waals surface area contributed by atoms with E-state index in [4.69, 9.17) is 4.74 Å². The number of amides is 1. The number of carbonyl (C=O) groups is 1. The smallest absolute Gasteiger partial charge is 0.223 e. The minimum Gasteiger partial charge on any atom is -0.491 e. The van der Waals surface area contributed by atoms with Crippen LogP contribution in [-0.2, 0) is 11.4 Å². The third kappa shape index (κ3) is 4.66. The molecule has 0 aliphatic carbocycles. The minimum atomic E-state index is -0.0903. The maximum Gasteiger partial charge on any atom is 0.223 e. The van der Waals surface area contributed by atoms with Gasteiger partial charge in [-0.3, -0.25) is 4.79 Å². The zero-order valence-electron chi connectivity index (χ0n) is 10.6. The summed E-state index contributed by atoms with van der Waals surface area (Å²) in [6.07, 6.45) is 0.296. The zero-order valence-corrected chi connectivity index (χ0v) is 12.2. The van der Waals surface area contributed by atoms with Crippen LogP contribution in [0.25, 0.3) is 0 Å². The van der Waals surface area contributed by atoms with Gasteiger partial charge in [0.2, 0.25) is 5.91 Å². The van der Waals surface area contributed by atoms with E-state index in [1.54, 1.807) is 6.07 Å². The molecule has 0 bridgehead atoms. The van der Waals surface area contributed by atoms with Crippen molar-refractivity contribution in [3.05, 3.63) is 28.2 Å². The Morgan fingerprint density at radius 2 is 2.22 bits per heavy atom. The Labute approximate surface area is 115 Å². The number of nitrogens with one attached hydrogen (secondary N) is 1. The standard InChI is InChI=1S/C13H18BrNO3/c1-9(2)15-12(17)6-7-18-13-10(8-16)4-3-5-11(13)14/h3-5,9,16H,6-8H2,1-2H3,(H,15,17). The van der Waals surface area contributed by atoms with Crippen LogP contribution in [0, 0.1) is 0 Å². The van der Waals surface area contributed by atoms with Gasteiger partial charge in [-0.05, 0) is 35.8 Å². The molecule has 0 fully saturated rings. The summed E-state index contributed by atoms with van der Waals surface area (Å²) in [5.74, 6) is 0.556. The van der Waals surface area contributed by atoms with Crippen LogP contribution in [0.4, 0.5) is 0 Å². The second kappa shape index (κ2) is 7.38. The van der Waals surface area contributed by atoms with Gasteiger partial charge in [-0.25, -0.2) is 0 Å². The predicted molar refractivity (Wildman–Crippen MR) is 73.5 cm³/mol. The van der Waals surface area contributed by atoms with Gasteiger partial charge in [0.05, 0.1) is 24.1 Å². The quantitative estimate of drug-likeness (QED) is 0.846. The first-order valence-electron chi connectivity index (χ1n) is 5.85. The van der Waals surface area contributed by atoms with Gasteiger partial charge in [0, 0.05) is 11.6 Å². The molecule has 0 radical (unpaired) electrons. The lowest BCUT2D eigenvalue weighted by Gasteiger charge is -2.12. The fraction of sp³-hybridized carbons (Fsp3) is 0.462. The summed E-state index contributed by atoms with van der Waals surface area (Å²) in [5.41, 5.74) is 0.702. The summed E-state index contributed by atoms with van der Waals surface area (Å²) < 4.78 is 6.32. The van der Waals surface area contributed by atoms with Gasteiger partial charge < -0.3 is 15.2 Å². The van der Waals surface area contributed by atoms with Gasteiger partial charge in [-0.1, -0.05) is 12.1 Å². The van der Waals surface area contributed by atoms with Crippen LogP contribution in [0.5, 0.6) is 5.75 Å². The summed E-state index contributed by atoms with van der Waals surface area (Å²) in [6, 6.07) is 5.58. The van der Waals surface area contributed by atoms with E-state index in [2.05, 4.69) is 21.2 Å². The number of rotatable bonds is 6. The maximum absolute atomic E-state index is 11.4. The molecule has 0 saturated carbocycles. The van der Waals surface area contributed by atoms with Gasteiger partial charge in [0.15, 0.2) is 0 Å². The Morgan fingerprint density at radius 3 is 2.83 bits per heavy atom. The Balaban J connectivity index is 2.51. The van der Waals surface area contributed by atoms with Crippen molar-refractivity contribution in [1.29, 1.82) is 0 Å². The second-order valence-electron chi connectivity index (χ2n) is 4.21. The Hall–Kier alpha value is -1.07. The van der Waals surface area contributed by atoms with Crippen LogP contribution >= 0.6 is 15.9 Å². The zero-order chi connectivity index (χ0) is 13.5. The van der Waals surface area contributed by atoms with Crippen molar-refractivity contribution in [2.45, 2.75) is 32.9 Å². The number of halogens is 1. The van der Waals surface area contributed by atoms with Gasteiger partial charge in [-0.15, -0.1) is 0 Å². The van der Waals surface area contributed by atoms with Crippen molar-refractivity contribution >= 4 is 21.8 Å². The number of para-hydroxylation sites is 1. The molecule has 1 rings (SSSR count). The summed E-state index contributed by atoms with van der Waals surface area (Å²) in [6.45, 7) is 4.02. The first kappa shape index (κ1) is 15.0. The Morgan fingerprint density at radius 1 is 1.50 bits per heavy atom. The maximum atomic E-state index is 11.4. The molecule has 4 nitrogen and oxygen atoms in total. The topological polar surface area (TPSA) is 58.6 Å². The molecule has 0 aliphatic heterocycles. The van der Waals surface area contributed by atoms with Crippen LogP contribution in [0.15, 0.2) is 22.7 Å². The average Bonchev–Trinajstić information content (AvgIpc) is 2.30. The molecule has 1 aromatic rings. The molecule has 0 aromatic heterocycles. The van der Waals surface area contributed by atoms with Crippen LogP contribution in [0.1, 0.15) is 25.8 Å². The van der Waals surface area contributed by atoms with Crippen LogP contribution < -0.4 is 10.1 Å². The van der Waals surface area contributed by atoms with Crippen molar-refractivity contribution < 1.29 is 14.6 Å². The summed E-state index contributed by atoms with van der Waals surface area (Å²) >= 11 is 3.36. The largest absolute Gasteiger partial charge is 0.491 e. The van der Waals surface area contributed by atoms with Crippen LogP contribution in [0.2, 0.25) is 0 Å². The lowest BCUT2D eigenvalue weighted by molar-refractivity contribution is -0.122. The van der Waals surface area contributed by atoms with E-state index < -0.39 is 0 Å². The SMILES string of the molecule is CC(C)NC(=O)CCOc1c(Br)cccc1CO. The van der Waals surface area contributed by atoms with E-state index in [0.717, 1.165) is 4.47 Å². The monoisotopic (exact) mass is 315 g/mol. The molecule has 0 saturated heterocycles. The molecule has 1 aromatic carbocycles. The van der Waals surface area contributed by atoms with E-state index >= 15 is 0 Å². The lowest BCUT2D eigenvalue weighted by atomic mass is 10.2. The van der Waals surface area contributed by atoms with Gasteiger partial charge in [0.1, 0.15) is 5.75 Å². The van der Waals surface area contributed by atoms with Gasteiger partial charge in [-0.2, -0.15) is 0 Å². The number of benzene rings is 1. The first-order chi connectivity index (χ1) is 8.54. The third-order valence-corrected chi connectivity index (χ3v) is 2.87. The van der Waals surface area contributed by atoms with E-state index in [1.807, 2.05) is 26.0 Å². The number of hydrogen-bond donors (Lipinski definition) is 2. The molecular weight excluding hydrogens is 298 g/mol. The van der Waals surface area contributed by atoms with Crippen molar-refractivity contribution in [2.24, 2.45) is 0 Å². The van der Waals surface area contributed by atoms with Crippen LogP contribution in [0.3, 0.4) is 0 Å². The van der Waals surface area contributed by atoms with E-state index in [-0.39, 0.29) is 25.2 Å². The van der Waals surface area contributed by atoms with Crippen molar-refractivity contribution in [3.63, 3.8) is 0 Å². The van der Waals surface area contributed by atoms with Gasteiger partial charge >= 0.3 is 0 Å². The number of aliphatic hydroxyl groups is 1. The summed E-state index contributed by atoms with van der Waals surface area (Å²) in [7, 11) is 0. The molecule has 5 heteroatoms. The van der Waals surface area contributed by atoms with E-state index in [1.165, 1.54) is 0 Å². The highest BCUT2D eigenvalue weighted by Gasteiger charge is 2.09. The van der Waals surface area contributed by atoms with Crippen molar-refractivity contribution in [3.8, 4) is 5.75 Å². The molecule has 0 spiro atoms. The first-order valence-corrected chi connectivity index (χ1v) is 6.64. The molecule has 0 atom stereocenters. The molecule has 0 aliphatic rings. The average molecular weight is 316 g/mol. The van der Waals surface area contributed by atoms with E-state index in [9.17, 15) is 9.90 Å². The van der Waals surface area contributed by atoms with Crippen molar-refractivity contribution in [2.75, 3.05) is 6.61 Å². The normalized spacial score (nSPS) is 10.5. The highest BCUT2D eigenvalue weighted by molar-refractivity contribution is 9.10. The molecule has 0 heterocycles. The highest BCUT2D eigenvalue weighted by atomic mass is 79.9. The molecule has 1 amide bonds. The number of carbonyl (C=O) groups excluding carboxylic acids is 1. The molecule has 18 heavy (non-hydrogen) atoms. The number of aliphatic hydroxyl groups excluding tert-OH is 1. The Bertz CT molecular complexity index is 407. The van der Waals surface area contributed by atoms with Gasteiger partial charge in [0.25, 0.3) is 0 Å². The van der Waals surface area contributed by atoms with Crippen LogP contribution in [-0.4, -0.2) is 23.7 Å². The second-order valence-corrected chi connectivity index (χ2v) is 5.06. The number of ether oxygens (including phenoxy) is 1. The fourth-order valence-electron chi connectivity index (χ4n) is 1.48. The third-order valence-electron chi connectivity index (χ3n) is 2.24. The summed E-state index contributed by atoms with van der Waals surface area (Å²) in [4.78, 5) is 11.4. The molecule has 2 N–H and O–H groups in total. The highest BCUT2D eigenvalue weighted by Crippen LogP contribution is 2.29. The summed E-state index contributed by atoms with van der Waals surface area (Å²) in [5, 5.41) is 12.0. The molecular formula is C13H18BrNO3. The fourth-order valence-corrected chi connectivity index (χ4v) is 2.00. The minimum absolute atomic E-state index is 0.0393.